The third kappa shape index (κ3) is 3.30. The molecule has 0 amide bonds. The predicted molar refractivity (Wildman–Crippen MR) is 70.6 cm³/mol. The maximum Gasteiger partial charge on any atom is 0.416 e. The number of halogens is 3. The predicted octanol–water partition coefficient (Wildman–Crippen LogP) is 4.26. The summed E-state index contributed by atoms with van der Waals surface area (Å²) < 4.78 is 44.2. The van der Waals surface area contributed by atoms with Crippen LogP contribution in [0.3, 0.4) is 0 Å². The Morgan fingerprint density at radius 2 is 1.75 bits per heavy atom. The fourth-order valence-electron chi connectivity index (χ4n) is 1.88. The van der Waals surface area contributed by atoms with E-state index in [-0.39, 0.29) is 17.9 Å². The zero-order valence-electron chi connectivity index (χ0n) is 10.9. The molecule has 0 unspecified atom stereocenters. The van der Waals surface area contributed by atoms with E-state index in [0.717, 1.165) is 11.6 Å². The molecule has 2 N–H and O–H groups in total. The molecule has 0 fully saturated rings. The van der Waals surface area contributed by atoms with Gasteiger partial charge in [0.2, 0.25) is 0 Å². The number of nitrogens with two attached hydrogens (primary N) is 1. The third-order valence-corrected chi connectivity index (χ3v) is 2.83. The summed E-state index contributed by atoms with van der Waals surface area (Å²) in [5.74, 6) is 0.638. The zero-order valence-corrected chi connectivity index (χ0v) is 10.9. The van der Waals surface area contributed by atoms with Crippen LogP contribution in [-0.4, -0.2) is 0 Å². The smallest absolute Gasteiger partial charge is 0.416 e. The number of ether oxygens (including phenoxy) is 1. The highest BCUT2D eigenvalue weighted by molar-refractivity contribution is 5.40. The van der Waals surface area contributed by atoms with E-state index >= 15 is 0 Å². The molecule has 0 aliphatic heterocycles. The molecule has 0 radical (unpaired) electrons. The molecule has 20 heavy (non-hydrogen) atoms. The maximum absolute atomic E-state index is 12.9. The van der Waals surface area contributed by atoms with Crippen LogP contribution in [0.1, 0.15) is 16.7 Å². The van der Waals surface area contributed by atoms with Crippen molar-refractivity contribution in [2.75, 3.05) is 0 Å². The first-order valence-corrected chi connectivity index (χ1v) is 6.05. The summed E-state index contributed by atoms with van der Waals surface area (Å²) in [6.45, 7) is 1.71. The van der Waals surface area contributed by atoms with Crippen LogP contribution in [0.15, 0.2) is 42.5 Å². The van der Waals surface area contributed by atoms with Gasteiger partial charge in [0.1, 0.15) is 11.5 Å². The van der Waals surface area contributed by atoms with E-state index in [1.807, 2.05) is 13.0 Å². The Morgan fingerprint density at radius 1 is 1.05 bits per heavy atom. The summed E-state index contributed by atoms with van der Waals surface area (Å²) in [4.78, 5) is 0. The van der Waals surface area contributed by atoms with Crippen molar-refractivity contribution >= 4 is 0 Å². The molecule has 2 aromatic carbocycles. The Labute approximate surface area is 115 Å². The normalized spacial score (nSPS) is 11.4. The van der Waals surface area contributed by atoms with Crippen LogP contribution in [0.25, 0.3) is 0 Å². The van der Waals surface area contributed by atoms with Gasteiger partial charge >= 0.3 is 6.18 Å². The van der Waals surface area contributed by atoms with E-state index < -0.39 is 11.7 Å². The molecular formula is C15H14F3NO. The number of rotatable bonds is 3. The highest BCUT2D eigenvalue weighted by Gasteiger charge is 2.33. The van der Waals surface area contributed by atoms with E-state index in [1.54, 1.807) is 18.2 Å². The second-order valence-electron chi connectivity index (χ2n) is 4.44. The fraction of sp³-hybridized carbons (Fsp3) is 0.200. The Hall–Kier alpha value is -2.01. The van der Waals surface area contributed by atoms with Gasteiger partial charge in [0.25, 0.3) is 0 Å². The summed E-state index contributed by atoms with van der Waals surface area (Å²) in [7, 11) is 0. The molecule has 5 heteroatoms. The summed E-state index contributed by atoms with van der Waals surface area (Å²) >= 11 is 0. The Bertz CT molecular complexity index is 608. The van der Waals surface area contributed by atoms with Gasteiger partial charge in [-0.05, 0) is 42.3 Å². The molecule has 0 aromatic heterocycles. The maximum atomic E-state index is 12.9. The Balaban J connectivity index is 2.34. The van der Waals surface area contributed by atoms with Crippen molar-refractivity contribution in [3.8, 4) is 11.5 Å². The van der Waals surface area contributed by atoms with Crippen LogP contribution >= 0.6 is 0 Å². The summed E-state index contributed by atoms with van der Waals surface area (Å²) in [6, 6.07) is 10.9. The monoisotopic (exact) mass is 281 g/mol. The van der Waals surface area contributed by atoms with Crippen molar-refractivity contribution in [1.82, 2.24) is 0 Å². The zero-order chi connectivity index (χ0) is 14.8. The van der Waals surface area contributed by atoms with Gasteiger partial charge in [-0.25, -0.2) is 0 Å². The van der Waals surface area contributed by atoms with Crippen LogP contribution in [0.2, 0.25) is 0 Å². The van der Waals surface area contributed by atoms with Gasteiger partial charge in [-0.2, -0.15) is 13.2 Å². The van der Waals surface area contributed by atoms with Crippen molar-refractivity contribution in [3.05, 3.63) is 59.2 Å². The fourth-order valence-corrected chi connectivity index (χ4v) is 1.88. The van der Waals surface area contributed by atoms with Crippen molar-refractivity contribution in [2.45, 2.75) is 19.6 Å². The molecule has 2 rings (SSSR count). The minimum atomic E-state index is -4.44. The largest absolute Gasteiger partial charge is 0.457 e. The molecule has 2 aromatic rings. The molecule has 0 bridgehead atoms. The topological polar surface area (TPSA) is 35.2 Å². The lowest BCUT2D eigenvalue weighted by molar-refractivity contribution is -0.138. The molecule has 0 atom stereocenters. The molecule has 0 spiro atoms. The van der Waals surface area contributed by atoms with Gasteiger partial charge in [0, 0.05) is 6.54 Å². The van der Waals surface area contributed by atoms with E-state index in [1.165, 1.54) is 12.1 Å². The third-order valence-electron chi connectivity index (χ3n) is 2.83. The van der Waals surface area contributed by atoms with Crippen LogP contribution in [0, 0.1) is 6.92 Å². The second-order valence-corrected chi connectivity index (χ2v) is 4.44. The first-order valence-electron chi connectivity index (χ1n) is 6.05. The van der Waals surface area contributed by atoms with Gasteiger partial charge in [0.15, 0.2) is 0 Å². The SMILES string of the molecule is Cc1cccc(Oc2ccc(CN)c(C(F)(F)F)c2)c1. The minimum absolute atomic E-state index is 0.0501. The second kappa shape index (κ2) is 5.54. The van der Waals surface area contributed by atoms with E-state index in [9.17, 15) is 13.2 Å². The van der Waals surface area contributed by atoms with Gasteiger partial charge in [-0.15, -0.1) is 0 Å². The van der Waals surface area contributed by atoms with Crippen LogP contribution < -0.4 is 10.5 Å². The van der Waals surface area contributed by atoms with Gasteiger partial charge < -0.3 is 10.5 Å². The highest BCUT2D eigenvalue weighted by atomic mass is 19.4. The average Bonchev–Trinajstić information content (AvgIpc) is 2.37. The van der Waals surface area contributed by atoms with Crippen LogP contribution in [0.5, 0.6) is 11.5 Å². The van der Waals surface area contributed by atoms with E-state index in [4.69, 9.17) is 10.5 Å². The molecule has 0 aliphatic carbocycles. The number of alkyl halides is 3. The Kier molecular flexibility index (Phi) is 3.99. The highest BCUT2D eigenvalue weighted by Crippen LogP contribution is 2.35. The molecule has 0 heterocycles. The van der Waals surface area contributed by atoms with Crippen LogP contribution in [-0.2, 0) is 12.7 Å². The van der Waals surface area contributed by atoms with Crippen molar-refractivity contribution in [1.29, 1.82) is 0 Å². The molecule has 0 aliphatic rings. The van der Waals surface area contributed by atoms with Gasteiger partial charge in [-0.3, -0.25) is 0 Å². The standard InChI is InChI=1S/C15H14F3NO/c1-10-3-2-4-12(7-10)20-13-6-5-11(9-19)14(8-13)15(16,17)18/h2-8H,9,19H2,1H3. The minimum Gasteiger partial charge on any atom is -0.457 e. The van der Waals surface area contributed by atoms with Gasteiger partial charge in [0.05, 0.1) is 5.56 Å². The quantitative estimate of drug-likeness (QED) is 0.912. The van der Waals surface area contributed by atoms with E-state index in [0.29, 0.717) is 5.75 Å². The first kappa shape index (κ1) is 14.4. The number of benzene rings is 2. The molecule has 2 nitrogen and oxygen atoms in total. The number of aryl methyl sites for hydroxylation is 1. The van der Waals surface area contributed by atoms with Crippen LogP contribution in [0.4, 0.5) is 13.2 Å². The summed E-state index contributed by atoms with van der Waals surface area (Å²) in [6.07, 6.45) is -4.44. The summed E-state index contributed by atoms with van der Waals surface area (Å²) in [5, 5.41) is 0. The lowest BCUT2D eigenvalue weighted by Gasteiger charge is -2.14. The van der Waals surface area contributed by atoms with Crippen molar-refractivity contribution in [2.24, 2.45) is 5.73 Å². The lowest BCUT2D eigenvalue weighted by atomic mass is 10.1. The lowest BCUT2D eigenvalue weighted by Crippen LogP contribution is -2.12. The first-order chi connectivity index (χ1) is 9.40. The van der Waals surface area contributed by atoms with Gasteiger partial charge in [-0.1, -0.05) is 18.2 Å². The van der Waals surface area contributed by atoms with E-state index in [2.05, 4.69) is 0 Å². The number of hydrogen-bond donors (Lipinski definition) is 1. The average molecular weight is 281 g/mol. The Morgan fingerprint density at radius 3 is 2.35 bits per heavy atom. The molecular weight excluding hydrogens is 267 g/mol. The molecule has 0 saturated heterocycles. The molecule has 106 valence electrons. The molecule has 0 saturated carbocycles. The van der Waals surface area contributed by atoms with Crippen molar-refractivity contribution in [3.63, 3.8) is 0 Å². The summed E-state index contributed by atoms with van der Waals surface area (Å²) in [5.41, 5.74) is 5.59. The van der Waals surface area contributed by atoms with Crippen molar-refractivity contribution < 1.29 is 17.9 Å². The number of hydrogen-bond acceptors (Lipinski definition) is 2.